The topological polar surface area (TPSA) is 49.4 Å². The van der Waals surface area contributed by atoms with E-state index < -0.39 is 11.6 Å². The van der Waals surface area contributed by atoms with Crippen LogP contribution >= 0.6 is 0 Å². The van der Waals surface area contributed by atoms with Crippen LogP contribution in [0.25, 0.3) is 0 Å². The van der Waals surface area contributed by atoms with Crippen molar-refractivity contribution in [3.63, 3.8) is 0 Å². The molecule has 1 aliphatic rings. The summed E-state index contributed by atoms with van der Waals surface area (Å²) in [5.41, 5.74) is -0.323. The van der Waals surface area contributed by atoms with Gasteiger partial charge in [-0.1, -0.05) is 0 Å². The number of hydrogen-bond donors (Lipinski definition) is 1. The zero-order valence-corrected chi connectivity index (χ0v) is 8.87. The fourth-order valence-electron chi connectivity index (χ4n) is 1.78. The molecule has 6 heteroatoms. The lowest BCUT2D eigenvalue weighted by Gasteiger charge is -2.29. The summed E-state index contributed by atoms with van der Waals surface area (Å²) < 4.78 is 27.3. The molecule has 1 saturated heterocycles. The second-order valence-corrected chi connectivity index (χ2v) is 3.72. The SMILES string of the molecule is O=Cc1cc(F)c(N2CCNC(=O)C2)c(F)c1. The Morgan fingerprint density at radius 2 is 1.94 bits per heavy atom. The van der Waals surface area contributed by atoms with Crippen molar-refractivity contribution in [2.24, 2.45) is 0 Å². The number of nitrogens with one attached hydrogen (secondary N) is 1. The maximum Gasteiger partial charge on any atom is 0.239 e. The van der Waals surface area contributed by atoms with Crippen molar-refractivity contribution in [3.05, 3.63) is 29.3 Å². The number of halogens is 2. The number of nitrogens with zero attached hydrogens (tertiary/aromatic N) is 1. The van der Waals surface area contributed by atoms with Gasteiger partial charge in [-0.15, -0.1) is 0 Å². The molecule has 4 nitrogen and oxygen atoms in total. The minimum atomic E-state index is -0.832. The van der Waals surface area contributed by atoms with Gasteiger partial charge >= 0.3 is 0 Å². The summed E-state index contributed by atoms with van der Waals surface area (Å²) in [6.07, 6.45) is 0.374. The summed E-state index contributed by atoms with van der Waals surface area (Å²) in [6, 6.07) is 1.91. The molecule has 0 aliphatic carbocycles. The van der Waals surface area contributed by atoms with E-state index in [1.165, 1.54) is 4.90 Å². The van der Waals surface area contributed by atoms with Gasteiger partial charge in [0, 0.05) is 18.7 Å². The van der Waals surface area contributed by atoms with Crippen molar-refractivity contribution in [1.29, 1.82) is 0 Å². The standard InChI is InChI=1S/C11H10F2N2O2/c12-8-3-7(6-16)4-9(13)11(8)15-2-1-14-10(17)5-15/h3-4,6H,1-2,5H2,(H,14,17). The van der Waals surface area contributed by atoms with Crippen LogP contribution in [0.4, 0.5) is 14.5 Å². The highest BCUT2D eigenvalue weighted by atomic mass is 19.1. The minimum absolute atomic E-state index is 0.0646. The lowest BCUT2D eigenvalue weighted by atomic mass is 10.1. The summed E-state index contributed by atoms with van der Waals surface area (Å²) >= 11 is 0. The first-order valence-corrected chi connectivity index (χ1v) is 5.07. The maximum absolute atomic E-state index is 13.6. The van der Waals surface area contributed by atoms with Gasteiger partial charge in [-0.2, -0.15) is 0 Å². The Balaban J connectivity index is 2.37. The monoisotopic (exact) mass is 240 g/mol. The zero-order valence-electron chi connectivity index (χ0n) is 8.87. The van der Waals surface area contributed by atoms with Crippen LogP contribution in [0.1, 0.15) is 10.4 Å². The van der Waals surface area contributed by atoms with Crippen molar-refractivity contribution in [2.45, 2.75) is 0 Å². The van der Waals surface area contributed by atoms with E-state index in [-0.39, 0.29) is 23.7 Å². The number of amides is 1. The van der Waals surface area contributed by atoms with Gasteiger partial charge in [-0.25, -0.2) is 8.78 Å². The smallest absolute Gasteiger partial charge is 0.239 e. The van der Waals surface area contributed by atoms with Crippen molar-refractivity contribution in [3.8, 4) is 0 Å². The summed E-state index contributed by atoms with van der Waals surface area (Å²) in [4.78, 5) is 22.9. The maximum atomic E-state index is 13.6. The van der Waals surface area contributed by atoms with Gasteiger partial charge < -0.3 is 10.2 Å². The van der Waals surface area contributed by atoms with Crippen LogP contribution in [0.3, 0.4) is 0 Å². The largest absolute Gasteiger partial charge is 0.356 e. The second-order valence-electron chi connectivity index (χ2n) is 3.72. The Hall–Kier alpha value is -1.98. The Morgan fingerprint density at radius 1 is 1.29 bits per heavy atom. The molecule has 0 saturated carbocycles. The summed E-state index contributed by atoms with van der Waals surface area (Å²) in [7, 11) is 0. The molecule has 0 unspecified atom stereocenters. The number of rotatable bonds is 2. The van der Waals surface area contributed by atoms with Crippen LogP contribution in [0.5, 0.6) is 0 Å². The average molecular weight is 240 g/mol. The third-order valence-corrected chi connectivity index (χ3v) is 2.53. The van der Waals surface area contributed by atoms with E-state index in [1.807, 2.05) is 0 Å². The molecule has 0 atom stereocenters. The van der Waals surface area contributed by atoms with Crippen LogP contribution in [0.15, 0.2) is 12.1 Å². The van der Waals surface area contributed by atoms with E-state index in [4.69, 9.17) is 0 Å². The van der Waals surface area contributed by atoms with E-state index in [2.05, 4.69) is 5.32 Å². The molecular formula is C11H10F2N2O2. The summed E-state index contributed by atoms with van der Waals surface area (Å²) in [5.74, 6) is -1.95. The molecule has 1 aromatic rings. The lowest BCUT2D eigenvalue weighted by molar-refractivity contribution is -0.120. The van der Waals surface area contributed by atoms with Crippen molar-refractivity contribution < 1.29 is 18.4 Å². The van der Waals surface area contributed by atoms with Crippen LogP contribution < -0.4 is 10.2 Å². The third-order valence-electron chi connectivity index (χ3n) is 2.53. The normalized spacial score (nSPS) is 15.6. The van der Waals surface area contributed by atoms with Crippen molar-refractivity contribution in [1.82, 2.24) is 5.32 Å². The molecule has 17 heavy (non-hydrogen) atoms. The Bertz CT molecular complexity index is 454. The Labute approximate surface area is 96.2 Å². The van der Waals surface area contributed by atoms with E-state index in [9.17, 15) is 18.4 Å². The number of anilines is 1. The van der Waals surface area contributed by atoms with Gasteiger partial charge in [0.15, 0.2) is 0 Å². The number of aldehydes is 1. The second kappa shape index (κ2) is 4.48. The predicted octanol–water partition coefficient (Wildman–Crippen LogP) is 0.714. The highest BCUT2D eigenvalue weighted by molar-refractivity contribution is 5.83. The molecule has 1 N–H and O–H groups in total. The molecule has 1 aromatic carbocycles. The first kappa shape index (κ1) is 11.5. The molecule has 0 spiro atoms. The highest BCUT2D eigenvalue weighted by Gasteiger charge is 2.23. The van der Waals surface area contributed by atoms with Crippen molar-refractivity contribution in [2.75, 3.05) is 24.5 Å². The van der Waals surface area contributed by atoms with Gasteiger partial charge in [0.1, 0.15) is 23.6 Å². The highest BCUT2D eigenvalue weighted by Crippen LogP contribution is 2.24. The first-order valence-electron chi connectivity index (χ1n) is 5.07. The van der Waals surface area contributed by atoms with Crippen LogP contribution in [0.2, 0.25) is 0 Å². The quantitative estimate of drug-likeness (QED) is 0.775. The molecule has 1 amide bonds. The van der Waals surface area contributed by atoms with Gasteiger partial charge in [0.05, 0.1) is 6.54 Å². The molecule has 90 valence electrons. The van der Waals surface area contributed by atoms with Crippen molar-refractivity contribution >= 4 is 17.9 Å². The number of carbonyl (C=O) groups excluding carboxylic acids is 2. The zero-order chi connectivity index (χ0) is 12.4. The van der Waals surface area contributed by atoms with E-state index in [0.717, 1.165) is 12.1 Å². The van der Waals surface area contributed by atoms with Gasteiger partial charge in [-0.3, -0.25) is 9.59 Å². The summed E-state index contributed by atoms with van der Waals surface area (Å²) in [6.45, 7) is 0.585. The molecule has 1 aliphatic heterocycles. The fraction of sp³-hybridized carbons (Fsp3) is 0.273. The molecule has 0 aromatic heterocycles. The minimum Gasteiger partial charge on any atom is -0.356 e. The lowest BCUT2D eigenvalue weighted by Crippen LogP contribution is -2.48. The van der Waals surface area contributed by atoms with Gasteiger partial charge in [0.25, 0.3) is 0 Å². The van der Waals surface area contributed by atoms with E-state index >= 15 is 0 Å². The molecule has 1 fully saturated rings. The number of carbonyl (C=O) groups is 2. The molecule has 1 heterocycles. The van der Waals surface area contributed by atoms with Gasteiger partial charge in [0.2, 0.25) is 5.91 Å². The van der Waals surface area contributed by atoms with E-state index in [0.29, 0.717) is 19.4 Å². The van der Waals surface area contributed by atoms with Crippen LogP contribution in [0, 0.1) is 11.6 Å². The fourth-order valence-corrected chi connectivity index (χ4v) is 1.78. The molecular weight excluding hydrogens is 230 g/mol. The Morgan fingerprint density at radius 3 is 2.47 bits per heavy atom. The number of benzene rings is 1. The van der Waals surface area contributed by atoms with Crippen LogP contribution in [-0.4, -0.2) is 31.8 Å². The van der Waals surface area contributed by atoms with E-state index in [1.54, 1.807) is 0 Å². The molecule has 0 radical (unpaired) electrons. The molecule has 2 rings (SSSR count). The average Bonchev–Trinajstić information content (AvgIpc) is 2.28. The van der Waals surface area contributed by atoms with Crippen LogP contribution in [-0.2, 0) is 4.79 Å². The molecule has 0 bridgehead atoms. The Kier molecular flexibility index (Phi) is 3.03. The first-order chi connectivity index (χ1) is 8.11. The number of hydrogen-bond acceptors (Lipinski definition) is 3. The number of piperazine rings is 1. The van der Waals surface area contributed by atoms with Gasteiger partial charge in [-0.05, 0) is 12.1 Å². The summed E-state index contributed by atoms with van der Waals surface area (Å²) in [5, 5.41) is 2.56. The third kappa shape index (κ3) is 2.25. The predicted molar refractivity (Wildman–Crippen MR) is 57.0 cm³/mol.